The van der Waals surface area contributed by atoms with Gasteiger partial charge >= 0.3 is 0 Å². The summed E-state index contributed by atoms with van der Waals surface area (Å²) >= 11 is 0. The fourth-order valence-electron chi connectivity index (χ4n) is 1.14. The van der Waals surface area contributed by atoms with Gasteiger partial charge in [0.05, 0.1) is 6.07 Å². The van der Waals surface area contributed by atoms with Gasteiger partial charge in [0.15, 0.2) is 0 Å². The smallest absolute Gasteiger partial charge is 0.242 e. The largest absolute Gasteiger partial charge is 0.344 e. The second kappa shape index (κ2) is 4.86. The van der Waals surface area contributed by atoms with Crippen LogP contribution in [0.4, 0.5) is 0 Å². The molecule has 0 heterocycles. The third-order valence-corrected chi connectivity index (χ3v) is 2.33. The second-order valence-corrected chi connectivity index (χ2v) is 3.52. The van der Waals surface area contributed by atoms with E-state index in [0.29, 0.717) is 6.42 Å². The molecule has 0 aromatic carbocycles. The molecule has 74 valence electrons. The van der Waals surface area contributed by atoms with E-state index in [4.69, 9.17) is 5.26 Å². The number of nitrogens with zero attached hydrogens (tertiary/aromatic N) is 2. The lowest BCUT2D eigenvalue weighted by molar-refractivity contribution is -0.137. The van der Waals surface area contributed by atoms with Crippen LogP contribution in [0.5, 0.6) is 0 Å². The van der Waals surface area contributed by atoms with E-state index in [1.165, 1.54) is 0 Å². The highest BCUT2D eigenvalue weighted by Gasteiger charge is 2.33. The van der Waals surface area contributed by atoms with Crippen molar-refractivity contribution < 1.29 is 4.79 Å². The summed E-state index contributed by atoms with van der Waals surface area (Å²) in [5, 5.41) is 8.88. The molecular formula is C10H18N2O. The zero-order valence-corrected chi connectivity index (χ0v) is 8.92. The van der Waals surface area contributed by atoms with Gasteiger partial charge in [-0.2, -0.15) is 5.26 Å². The van der Waals surface area contributed by atoms with Crippen LogP contribution in [-0.4, -0.2) is 24.4 Å². The Kier molecular flexibility index (Phi) is 4.47. The maximum Gasteiger partial charge on any atom is 0.242 e. The minimum Gasteiger partial charge on any atom is -0.344 e. The maximum atomic E-state index is 11.7. The van der Waals surface area contributed by atoms with Crippen LogP contribution < -0.4 is 0 Å². The molecule has 0 aromatic rings. The van der Waals surface area contributed by atoms with Gasteiger partial charge in [-0.15, -0.1) is 0 Å². The van der Waals surface area contributed by atoms with E-state index in [1.807, 2.05) is 13.8 Å². The standard InChI is InChI=1S/C10H18N2O/c1-5-7-12(4)9(13)10(3,6-2)8-11/h5-7H2,1-4H3. The van der Waals surface area contributed by atoms with Crippen LogP contribution in [0.15, 0.2) is 0 Å². The summed E-state index contributed by atoms with van der Waals surface area (Å²) in [7, 11) is 1.75. The highest BCUT2D eigenvalue weighted by atomic mass is 16.2. The van der Waals surface area contributed by atoms with Crippen LogP contribution in [-0.2, 0) is 4.79 Å². The zero-order valence-electron chi connectivity index (χ0n) is 8.92. The summed E-state index contributed by atoms with van der Waals surface area (Å²) in [6.07, 6.45) is 1.49. The van der Waals surface area contributed by atoms with Gasteiger partial charge in [-0.3, -0.25) is 4.79 Å². The molecule has 0 saturated carbocycles. The Balaban J connectivity index is 4.49. The van der Waals surface area contributed by atoms with E-state index in [1.54, 1.807) is 18.9 Å². The van der Waals surface area contributed by atoms with Crippen molar-refractivity contribution in [3.05, 3.63) is 0 Å². The number of amides is 1. The molecule has 0 rings (SSSR count). The minimum absolute atomic E-state index is 0.0700. The quantitative estimate of drug-likeness (QED) is 0.665. The van der Waals surface area contributed by atoms with Crippen LogP contribution in [0.25, 0.3) is 0 Å². The van der Waals surface area contributed by atoms with Crippen molar-refractivity contribution >= 4 is 5.91 Å². The molecule has 0 spiro atoms. The Bertz CT molecular complexity index is 219. The van der Waals surface area contributed by atoms with E-state index < -0.39 is 5.41 Å². The molecular weight excluding hydrogens is 164 g/mol. The van der Waals surface area contributed by atoms with Crippen molar-refractivity contribution in [1.29, 1.82) is 5.26 Å². The molecule has 3 heteroatoms. The highest BCUT2D eigenvalue weighted by molar-refractivity contribution is 5.84. The molecule has 0 saturated heterocycles. The number of carbonyl (C=O) groups is 1. The molecule has 13 heavy (non-hydrogen) atoms. The van der Waals surface area contributed by atoms with Gasteiger partial charge < -0.3 is 4.90 Å². The summed E-state index contributed by atoms with van der Waals surface area (Å²) in [5.41, 5.74) is -0.843. The summed E-state index contributed by atoms with van der Waals surface area (Å²) in [4.78, 5) is 13.4. The Labute approximate surface area is 80.3 Å². The highest BCUT2D eigenvalue weighted by Crippen LogP contribution is 2.22. The SMILES string of the molecule is CCCN(C)C(=O)C(C)(C#N)CC. The molecule has 0 fully saturated rings. The maximum absolute atomic E-state index is 11.7. The van der Waals surface area contributed by atoms with Crippen molar-refractivity contribution in [2.45, 2.75) is 33.6 Å². The van der Waals surface area contributed by atoms with Crippen LogP contribution >= 0.6 is 0 Å². The lowest BCUT2D eigenvalue weighted by Crippen LogP contribution is -2.39. The first kappa shape index (κ1) is 12.0. The topological polar surface area (TPSA) is 44.1 Å². The predicted molar refractivity (Wildman–Crippen MR) is 51.9 cm³/mol. The van der Waals surface area contributed by atoms with Gasteiger partial charge in [0.25, 0.3) is 0 Å². The molecule has 0 aliphatic carbocycles. The van der Waals surface area contributed by atoms with Crippen LogP contribution in [0.2, 0.25) is 0 Å². The molecule has 0 bridgehead atoms. The summed E-state index contributed by atoms with van der Waals surface area (Å²) < 4.78 is 0. The van der Waals surface area contributed by atoms with Crippen molar-refractivity contribution in [1.82, 2.24) is 4.90 Å². The van der Waals surface area contributed by atoms with Crippen molar-refractivity contribution in [3.8, 4) is 6.07 Å². The second-order valence-electron chi connectivity index (χ2n) is 3.52. The fraction of sp³-hybridized carbons (Fsp3) is 0.800. The monoisotopic (exact) mass is 182 g/mol. The van der Waals surface area contributed by atoms with Gasteiger partial charge in [-0.25, -0.2) is 0 Å². The average molecular weight is 182 g/mol. The third kappa shape index (κ3) is 2.73. The van der Waals surface area contributed by atoms with Crippen LogP contribution in [0, 0.1) is 16.7 Å². The molecule has 1 atom stereocenters. The van der Waals surface area contributed by atoms with Gasteiger partial charge in [0.2, 0.25) is 5.91 Å². The summed E-state index contributed by atoms with van der Waals surface area (Å²) in [6, 6.07) is 2.08. The number of rotatable bonds is 4. The Morgan fingerprint density at radius 3 is 2.38 bits per heavy atom. The van der Waals surface area contributed by atoms with Crippen molar-refractivity contribution in [2.24, 2.45) is 5.41 Å². The molecule has 1 unspecified atom stereocenters. The van der Waals surface area contributed by atoms with E-state index in [9.17, 15) is 4.79 Å². The molecule has 0 aliphatic rings. The molecule has 0 radical (unpaired) electrons. The normalized spacial score (nSPS) is 14.4. The number of carbonyl (C=O) groups excluding carboxylic acids is 1. The fourth-order valence-corrected chi connectivity index (χ4v) is 1.14. The molecule has 0 aromatic heterocycles. The first-order chi connectivity index (χ1) is 6.01. The van der Waals surface area contributed by atoms with Crippen LogP contribution in [0.1, 0.15) is 33.6 Å². The summed E-state index contributed by atoms with van der Waals surface area (Å²) in [6.45, 7) is 6.29. The number of nitriles is 1. The van der Waals surface area contributed by atoms with Crippen molar-refractivity contribution in [2.75, 3.05) is 13.6 Å². The molecule has 3 nitrogen and oxygen atoms in total. The third-order valence-electron chi connectivity index (χ3n) is 2.33. The van der Waals surface area contributed by atoms with E-state index in [2.05, 4.69) is 6.07 Å². The first-order valence-corrected chi connectivity index (χ1v) is 4.68. The zero-order chi connectivity index (χ0) is 10.5. The Morgan fingerprint density at radius 1 is 1.54 bits per heavy atom. The van der Waals surface area contributed by atoms with Crippen molar-refractivity contribution in [3.63, 3.8) is 0 Å². The lowest BCUT2D eigenvalue weighted by Gasteiger charge is -2.25. The average Bonchev–Trinajstić information content (AvgIpc) is 2.16. The van der Waals surface area contributed by atoms with Crippen LogP contribution in [0.3, 0.4) is 0 Å². The van der Waals surface area contributed by atoms with Gasteiger partial charge in [-0.1, -0.05) is 13.8 Å². The molecule has 0 N–H and O–H groups in total. The number of hydrogen-bond acceptors (Lipinski definition) is 2. The number of hydrogen-bond donors (Lipinski definition) is 0. The van der Waals surface area contributed by atoms with E-state index in [0.717, 1.165) is 13.0 Å². The minimum atomic E-state index is -0.843. The predicted octanol–water partition coefficient (Wildman–Crippen LogP) is 1.79. The Hall–Kier alpha value is -1.04. The molecule has 1 amide bonds. The van der Waals surface area contributed by atoms with Gasteiger partial charge in [-0.05, 0) is 19.8 Å². The van der Waals surface area contributed by atoms with Gasteiger partial charge in [0, 0.05) is 13.6 Å². The van der Waals surface area contributed by atoms with E-state index >= 15 is 0 Å². The summed E-state index contributed by atoms with van der Waals surface area (Å²) in [5.74, 6) is -0.0700. The van der Waals surface area contributed by atoms with Gasteiger partial charge in [0.1, 0.15) is 5.41 Å². The first-order valence-electron chi connectivity index (χ1n) is 4.68. The van der Waals surface area contributed by atoms with E-state index in [-0.39, 0.29) is 5.91 Å². The Morgan fingerprint density at radius 2 is 2.08 bits per heavy atom. The lowest BCUT2D eigenvalue weighted by atomic mass is 9.88. The molecule has 0 aliphatic heterocycles.